The highest BCUT2D eigenvalue weighted by atomic mass is 16.5. The number of hydrogen-bond acceptors (Lipinski definition) is 7. The lowest BCUT2D eigenvalue weighted by Crippen LogP contribution is -2.41. The van der Waals surface area contributed by atoms with E-state index >= 15 is 0 Å². The molecule has 3 heterocycles. The summed E-state index contributed by atoms with van der Waals surface area (Å²) >= 11 is 0. The molecular formula is C19H17N5O4. The van der Waals surface area contributed by atoms with Gasteiger partial charge in [0.05, 0.1) is 12.1 Å². The first-order valence-electron chi connectivity index (χ1n) is 8.76. The number of nitrogens with one attached hydrogen (secondary N) is 2. The summed E-state index contributed by atoms with van der Waals surface area (Å²) in [7, 11) is 0. The molecule has 9 heteroatoms. The van der Waals surface area contributed by atoms with E-state index in [0.29, 0.717) is 41.8 Å². The molecule has 1 aliphatic rings. The molecule has 1 aromatic carbocycles. The van der Waals surface area contributed by atoms with Gasteiger partial charge in [-0.1, -0.05) is 23.4 Å². The lowest BCUT2D eigenvalue weighted by atomic mass is 10.1. The second kappa shape index (κ2) is 7.87. The van der Waals surface area contributed by atoms with Crippen LogP contribution in [0.3, 0.4) is 0 Å². The van der Waals surface area contributed by atoms with Crippen molar-refractivity contribution in [3.8, 4) is 17.3 Å². The van der Waals surface area contributed by atoms with E-state index in [1.807, 2.05) is 6.07 Å². The molecule has 0 saturated carbocycles. The molecule has 0 radical (unpaired) electrons. The normalized spacial score (nSPS) is 15.3. The molecule has 1 unspecified atom stereocenters. The molecule has 0 bridgehead atoms. The third kappa shape index (κ3) is 3.98. The van der Waals surface area contributed by atoms with E-state index in [2.05, 4.69) is 25.8 Å². The van der Waals surface area contributed by atoms with E-state index in [-0.39, 0.29) is 18.2 Å². The molecule has 9 nitrogen and oxygen atoms in total. The summed E-state index contributed by atoms with van der Waals surface area (Å²) in [5, 5.41) is 9.34. The number of rotatable bonds is 6. The van der Waals surface area contributed by atoms with Crippen LogP contribution < -0.4 is 15.4 Å². The fourth-order valence-corrected chi connectivity index (χ4v) is 2.73. The van der Waals surface area contributed by atoms with Crippen LogP contribution in [0.2, 0.25) is 0 Å². The smallest absolute Gasteiger partial charge is 0.266 e. The summed E-state index contributed by atoms with van der Waals surface area (Å²) < 4.78 is 10.8. The molecule has 2 aromatic heterocycles. The Morgan fingerprint density at radius 3 is 2.89 bits per heavy atom. The van der Waals surface area contributed by atoms with Crippen molar-refractivity contribution in [2.45, 2.75) is 18.9 Å². The minimum Gasteiger partial charge on any atom is -0.478 e. The summed E-state index contributed by atoms with van der Waals surface area (Å²) in [6.45, 7) is 0.299. The van der Waals surface area contributed by atoms with Crippen molar-refractivity contribution in [2.24, 2.45) is 0 Å². The second-order valence-corrected chi connectivity index (χ2v) is 6.12. The predicted molar refractivity (Wildman–Crippen MR) is 98.3 cm³/mol. The lowest BCUT2D eigenvalue weighted by Gasteiger charge is -2.25. The molecule has 2 N–H and O–H groups in total. The average molecular weight is 379 g/mol. The van der Waals surface area contributed by atoms with Gasteiger partial charge in [-0.25, -0.2) is 0 Å². The number of fused-ring (bicyclic) bond motifs is 1. The zero-order valence-electron chi connectivity index (χ0n) is 14.8. The van der Waals surface area contributed by atoms with Gasteiger partial charge >= 0.3 is 0 Å². The average Bonchev–Trinajstić information content (AvgIpc) is 3.18. The highest BCUT2D eigenvalue weighted by Gasteiger charge is 2.29. The number of benzene rings is 1. The number of hydrogen-bond donors (Lipinski definition) is 2. The molecular weight excluding hydrogens is 362 g/mol. The van der Waals surface area contributed by atoms with Gasteiger partial charge < -0.3 is 19.9 Å². The van der Waals surface area contributed by atoms with E-state index in [1.54, 1.807) is 42.6 Å². The van der Waals surface area contributed by atoms with Crippen LogP contribution in [0, 0.1) is 0 Å². The maximum atomic E-state index is 12.1. The number of aromatic nitrogens is 3. The summed E-state index contributed by atoms with van der Waals surface area (Å²) in [5.74, 6) is 0.692. The van der Waals surface area contributed by atoms with Gasteiger partial charge in [-0.05, 0) is 24.3 Å². The Hall–Kier alpha value is -3.75. The van der Waals surface area contributed by atoms with Crippen molar-refractivity contribution in [1.82, 2.24) is 20.4 Å². The zero-order valence-corrected chi connectivity index (χ0v) is 14.8. The topological polar surface area (TPSA) is 119 Å². The highest BCUT2D eigenvalue weighted by molar-refractivity contribution is 5.99. The molecule has 0 saturated heterocycles. The molecule has 2 amide bonds. The molecule has 0 aliphatic carbocycles. The molecule has 0 spiro atoms. The van der Waals surface area contributed by atoms with Gasteiger partial charge in [0.25, 0.3) is 5.91 Å². The fourth-order valence-electron chi connectivity index (χ4n) is 2.73. The minimum atomic E-state index is -0.867. The minimum absolute atomic E-state index is 0.0802. The Kier molecular flexibility index (Phi) is 4.96. The number of ether oxygens (including phenoxy) is 1. The van der Waals surface area contributed by atoms with Gasteiger partial charge in [-0.2, -0.15) is 4.98 Å². The van der Waals surface area contributed by atoms with Crippen molar-refractivity contribution in [1.29, 1.82) is 0 Å². The third-order valence-electron chi connectivity index (χ3n) is 4.10. The molecule has 3 aromatic rings. The maximum absolute atomic E-state index is 12.1. The summed E-state index contributed by atoms with van der Waals surface area (Å²) in [6.07, 6.45) is 1.07. The van der Waals surface area contributed by atoms with Crippen LogP contribution in [0.15, 0.2) is 53.2 Å². The summed E-state index contributed by atoms with van der Waals surface area (Å²) in [5.41, 5.74) is 1.21. The van der Waals surface area contributed by atoms with Crippen molar-refractivity contribution in [2.75, 3.05) is 11.9 Å². The van der Waals surface area contributed by atoms with Gasteiger partial charge in [-0.15, -0.1) is 0 Å². The van der Waals surface area contributed by atoms with Crippen molar-refractivity contribution < 1.29 is 18.8 Å². The van der Waals surface area contributed by atoms with Gasteiger partial charge in [0.2, 0.25) is 17.6 Å². The van der Waals surface area contributed by atoms with Crippen LogP contribution in [0.25, 0.3) is 11.5 Å². The number of carbonyl (C=O) groups excluding carboxylic acids is 2. The number of amides is 2. The van der Waals surface area contributed by atoms with Gasteiger partial charge in [0, 0.05) is 19.2 Å². The monoisotopic (exact) mass is 379 g/mol. The van der Waals surface area contributed by atoms with Crippen LogP contribution in [0.1, 0.15) is 12.3 Å². The first-order valence-corrected chi connectivity index (χ1v) is 8.76. The second-order valence-electron chi connectivity index (χ2n) is 6.12. The van der Waals surface area contributed by atoms with E-state index < -0.39 is 6.10 Å². The summed E-state index contributed by atoms with van der Waals surface area (Å²) in [6, 6.07) is 12.5. The third-order valence-corrected chi connectivity index (χ3v) is 4.10. The first-order chi connectivity index (χ1) is 13.7. The quantitative estimate of drug-likeness (QED) is 0.667. The predicted octanol–water partition coefficient (Wildman–Crippen LogP) is 1.58. The van der Waals surface area contributed by atoms with Crippen molar-refractivity contribution in [3.05, 3.63) is 54.6 Å². The fraction of sp³-hybridized carbons (Fsp3) is 0.211. The Morgan fingerprint density at radius 2 is 2.04 bits per heavy atom. The Morgan fingerprint density at radius 1 is 1.18 bits per heavy atom. The van der Waals surface area contributed by atoms with Crippen LogP contribution in [-0.4, -0.2) is 39.6 Å². The number of pyridine rings is 1. The van der Waals surface area contributed by atoms with Gasteiger partial charge in [0.15, 0.2) is 6.10 Å². The van der Waals surface area contributed by atoms with Crippen LogP contribution in [-0.2, 0) is 16.0 Å². The van der Waals surface area contributed by atoms with Gasteiger partial charge in [-0.3, -0.25) is 14.6 Å². The Bertz CT molecular complexity index is 989. The lowest BCUT2D eigenvalue weighted by molar-refractivity contribution is -0.130. The van der Waals surface area contributed by atoms with Crippen LogP contribution in [0.4, 0.5) is 5.69 Å². The first kappa shape index (κ1) is 17.7. The van der Waals surface area contributed by atoms with E-state index in [0.717, 1.165) is 0 Å². The number of carbonyl (C=O) groups is 2. The largest absolute Gasteiger partial charge is 0.478 e. The maximum Gasteiger partial charge on any atom is 0.266 e. The molecule has 28 heavy (non-hydrogen) atoms. The molecule has 0 fully saturated rings. The highest BCUT2D eigenvalue weighted by Crippen LogP contribution is 2.29. The van der Waals surface area contributed by atoms with E-state index in [4.69, 9.17) is 9.26 Å². The number of anilines is 1. The number of para-hydroxylation sites is 2. The summed E-state index contributed by atoms with van der Waals surface area (Å²) in [4.78, 5) is 32.6. The van der Waals surface area contributed by atoms with E-state index in [9.17, 15) is 9.59 Å². The molecule has 1 atom stereocenters. The van der Waals surface area contributed by atoms with Crippen LogP contribution >= 0.6 is 0 Å². The number of nitrogens with zero attached hydrogens (tertiary/aromatic N) is 3. The zero-order chi connectivity index (χ0) is 19.3. The molecule has 4 rings (SSSR count). The Labute approximate surface area is 160 Å². The van der Waals surface area contributed by atoms with Gasteiger partial charge in [0.1, 0.15) is 11.4 Å². The standard InChI is InChI=1S/C19H17N5O4/c25-16(11-15-19(26)22-12-5-1-2-7-14(12)27-15)21-10-8-17-23-18(24-28-17)13-6-3-4-9-20-13/h1-7,9,15H,8,10-11H2,(H,21,25)(H,22,26). The van der Waals surface area contributed by atoms with E-state index in [1.165, 1.54) is 0 Å². The molecule has 142 valence electrons. The molecule has 1 aliphatic heterocycles. The SMILES string of the molecule is O=C(CC1Oc2ccccc2NC1=O)NCCc1nc(-c2ccccn2)no1. The van der Waals surface area contributed by atoms with Crippen molar-refractivity contribution in [3.63, 3.8) is 0 Å². The Balaban J connectivity index is 1.26. The van der Waals surface area contributed by atoms with Crippen LogP contribution in [0.5, 0.6) is 5.75 Å². The van der Waals surface area contributed by atoms with Crippen molar-refractivity contribution >= 4 is 17.5 Å².